The summed E-state index contributed by atoms with van der Waals surface area (Å²) in [6.45, 7) is 1.76. The zero-order chi connectivity index (χ0) is 12.3. The molecule has 0 saturated carbocycles. The molecule has 1 nitrogen and oxygen atoms in total. The molecular formula is C13H16F3N. The van der Waals surface area contributed by atoms with Crippen molar-refractivity contribution >= 4 is 0 Å². The van der Waals surface area contributed by atoms with Gasteiger partial charge in [0.1, 0.15) is 0 Å². The summed E-state index contributed by atoms with van der Waals surface area (Å²) < 4.78 is 37.4. The molecule has 17 heavy (non-hydrogen) atoms. The van der Waals surface area contributed by atoms with Crippen molar-refractivity contribution in [1.29, 1.82) is 0 Å². The fraction of sp³-hybridized carbons (Fsp3) is 0.538. The molecule has 2 rings (SSSR count). The topological polar surface area (TPSA) is 12.0 Å². The standard InChI is InChI=1S/C13H16F3N/c14-13(15,16)8-10-4-1-2-6-12(10)11-5-3-7-17-9-11/h1-2,4,6,11,17H,3,5,7-9H2. The minimum Gasteiger partial charge on any atom is -0.316 e. The van der Waals surface area contributed by atoms with Gasteiger partial charge in [0, 0.05) is 6.54 Å². The van der Waals surface area contributed by atoms with E-state index in [4.69, 9.17) is 0 Å². The average Bonchev–Trinajstić information content (AvgIpc) is 2.29. The Morgan fingerprint density at radius 3 is 2.65 bits per heavy atom. The van der Waals surface area contributed by atoms with Crippen LogP contribution in [-0.4, -0.2) is 19.3 Å². The largest absolute Gasteiger partial charge is 0.393 e. The van der Waals surface area contributed by atoms with Gasteiger partial charge in [-0.1, -0.05) is 24.3 Å². The van der Waals surface area contributed by atoms with E-state index >= 15 is 0 Å². The van der Waals surface area contributed by atoms with Crippen molar-refractivity contribution in [2.45, 2.75) is 31.4 Å². The molecule has 0 bridgehead atoms. The van der Waals surface area contributed by atoms with Gasteiger partial charge in [0.05, 0.1) is 6.42 Å². The lowest BCUT2D eigenvalue weighted by Gasteiger charge is -2.25. The van der Waals surface area contributed by atoms with E-state index in [2.05, 4.69) is 5.32 Å². The molecule has 0 amide bonds. The van der Waals surface area contributed by atoms with Gasteiger partial charge in [0.25, 0.3) is 0 Å². The molecule has 4 heteroatoms. The Bertz CT molecular complexity index is 367. The molecule has 1 saturated heterocycles. The maximum atomic E-state index is 12.5. The van der Waals surface area contributed by atoms with Gasteiger partial charge in [-0.05, 0) is 36.4 Å². The quantitative estimate of drug-likeness (QED) is 0.840. The van der Waals surface area contributed by atoms with Crippen LogP contribution in [-0.2, 0) is 6.42 Å². The molecule has 0 aliphatic carbocycles. The van der Waals surface area contributed by atoms with E-state index in [-0.39, 0.29) is 5.92 Å². The fourth-order valence-corrected chi connectivity index (χ4v) is 2.43. The van der Waals surface area contributed by atoms with Gasteiger partial charge in [-0.15, -0.1) is 0 Å². The van der Waals surface area contributed by atoms with Crippen LogP contribution in [0, 0.1) is 0 Å². The van der Waals surface area contributed by atoms with Gasteiger partial charge >= 0.3 is 6.18 Å². The zero-order valence-corrected chi connectivity index (χ0v) is 9.56. The minimum absolute atomic E-state index is 0.224. The third kappa shape index (κ3) is 3.46. The molecule has 1 aromatic rings. The fourth-order valence-electron chi connectivity index (χ4n) is 2.43. The summed E-state index contributed by atoms with van der Waals surface area (Å²) >= 11 is 0. The predicted octanol–water partition coefficient (Wildman–Crippen LogP) is 3.26. The van der Waals surface area contributed by atoms with Crippen LogP contribution in [0.1, 0.15) is 29.9 Å². The van der Waals surface area contributed by atoms with Crippen molar-refractivity contribution in [3.05, 3.63) is 35.4 Å². The number of hydrogen-bond donors (Lipinski definition) is 1. The van der Waals surface area contributed by atoms with Gasteiger partial charge in [0.2, 0.25) is 0 Å². The smallest absolute Gasteiger partial charge is 0.316 e. The molecule has 1 aliphatic heterocycles. The summed E-state index contributed by atoms with van der Waals surface area (Å²) in [6, 6.07) is 6.93. The van der Waals surface area contributed by atoms with Gasteiger partial charge in [-0.25, -0.2) is 0 Å². The van der Waals surface area contributed by atoms with Gasteiger partial charge < -0.3 is 5.32 Å². The van der Waals surface area contributed by atoms with E-state index in [9.17, 15) is 13.2 Å². The number of halogens is 3. The van der Waals surface area contributed by atoms with Crippen LogP contribution in [0.2, 0.25) is 0 Å². The Hall–Kier alpha value is -1.03. The van der Waals surface area contributed by atoms with E-state index in [1.54, 1.807) is 12.1 Å². The van der Waals surface area contributed by atoms with Crippen molar-refractivity contribution in [2.24, 2.45) is 0 Å². The third-order valence-corrected chi connectivity index (χ3v) is 3.18. The molecule has 0 spiro atoms. The molecule has 1 aliphatic rings. The Kier molecular flexibility index (Phi) is 3.72. The summed E-state index contributed by atoms with van der Waals surface area (Å²) in [7, 11) is 0. The number of nitrogens with one attached hydrogen (secondary N) is 1. The normalized spacial score (nSPS) is 21.5. The number of piperidine rings is 1. The second-order valence-electron chi connectivity index (χ2n) is 4.53. The van der Waals surface area contributed by atoms with Crippen molar-refractivity contribution in [2.75, 3.05) is 13.1 Å². The van der Waals surface area contributed by atoms with Crippen molar-refractivity contribution < 1.29 is 13.2 Å². The lowest BCUT2D eigenvalue weighted by Crippen LogP contribution is -2.29. The maximum absolute atomic E-state index is 12.5. The lowest BCUT2D eigenvalue weighted by molar-refractivity contribution is -0.127. The highest BCUT2D eigenvalue weighted by atomic mass is 19.4. The Morgan fingerprint density at radius 2 is 2.00 bits per heavy atom. The van der Waals surface area contributed by atoms with Crippen LogP contribution in [0.5, 0.6) is 0 Å². The predicted molar refractivity (Wildman–Crippen MR) is 61.0 cm³/mol. The average molecular weight is 243 g/mol. The van der Waals surface area contributed by atoms with Crippen LogP contribution in [0.4, 0.5) is 13.2 Å². The third-order valence-electron chi connectivity index (χ3n) is 3.18. The number of benzene rings is 1. The number of rotatable bonds is 2. The molecular weight excluding hydrogens is 227 g/mol. The monoisotopic (exact) mass is 243 g/mol. The Labute approximate surface area is 99.0 Å². The highest BCUT2D eigenvalue weighted by Gasteiger charge is 2.30. The van der Waals surface area contributed by atoms with Crippen LogP contribution in [0.25, 0.3) is 0 Å². The van der Waals surface area contributed by atoms with Crippen LogP contribution >= 0.6 is 0 Å². The summed E-state index contributed by atoms with van der Waals surface area (Å²) in [5, 5.41) is 3.24. The van der Waals surface area contributed by atoms with Crippen molar-refractivity contribution in [3.63, 3.8) is 0 Å². The first-order valence-electron chi connectivity index (χ1n) is 5.91. The molecule has 1 fully saturated rings. The molecule has 1 atom stereocenters. The second-order valence-corrected chi connectivity index (χ2v) is 4.53. The van der Waals surface area contributed by atoms with Crippen LogP contribution in [0.3, 0.4) is 0 Å². The first-order chi connectivity index (χ1) is 8.06. The summed E-state index contributed by atoms with van der Waals surface area (Å²) in [6.07, 6.45) is -2.94. The van der Waals surface area contributed by atoms with E-state index in [1.807, 2.05) is 12.1 Å². The van der Waals surface area contributed by atoms with Gasteiger partial charge in [0.15, 0.2) is 0 Å². The summed E-state index contributed by atoms with van der Waals surface area (Å²) in [4.78, 5) is 0. The van der Waals surface area contributed by atoms with Gasteiger partial charge in [-0.3, -0.25) is 0 Å². The molecule has 1 unspecified atom stereocenters. The van der Waals surface area contributed by atoms with E-state index in [0.717, 1.165) is 31.5 Å². The van der Waals surface area contributed by atoms with Gasteiger partial charge in [-0.2, -0.15) is 13.2 Å². The van der Waals surface area contributed by atoms with E-state index in [1.165, 1.54) is 0 Å². The molecule has 0 aromatic heterocycles. The molecule has 0 radical (unpaired) electrons. The molecule has 1 N–H and O–H groups in total. The Morgan fingerprint density at radius 1 is 1.24 bits per heavy atom. The highest BCUT2D eigenvalue weighted by molar-refractivity contribution is 5.31. The minimum atomic E-state index is -4.13. The molecule has 94 valence electrons. The highest BCUT2D eigenvalue weighted by Crippen LogP contribution is 2.30. The van der Waals surface area contributed by atoms with Crippen LogP contribution in [0.15, 0.2) is 24.3 Å². The second kappa shape index (κ2) is 5.08. The first kappa shape index (κ1) is 12.4. The van der Waals surface area contributed by atoms with E-state index in [0.29, 0.717) is 5.56 Å². The van der Waals surface area contributed by atoms with Crippen LogP contribution < -0.4 is 5.32 Å². The zero-order valence-electron chi connectivity index (χ0n) is 9.56. The van der Waals surface area contributed by atoms with Crippen molar-refractivity contribution in [1.82, 2.24) is 5.32 Å². The maximum Gasteiger partial charge on any atom is 0.393 e. The molecule has 1 heterocycles. The summed E-state index contributed by atoms with van der Waals surface area (Å²) in [5.74, 6) is 0.224. The van der Waals surface area contributed by atoms with Crippen molar-refractivity contribution in [3.8, 4) is 0 Å². The SMILES string of the molecule is FC(F)(F)Cc1ccccc1C1CCCNC1. The number of hydrogen-bond acceptors (Lipinski definition) is 1. The first-order valence-corrected chi connectivity index (χ1v) is 5.91. The lowest BCUT2D eigenvalue weighted by atomic mass is 9.87. The Balaban J connectivity index is 2.20. The summed E-state index contributed by atoms with van der Waals surface area (Å²) in [5.41, 5.74) is 1.28. The molecule has 1 aromatic carbocycles. The van der Waals surface area contributed by atoms with E-state index < -0.39 is 12.6 Å². The number of alkyl halides is 3.